The maximum atomic E-state index is 9.35. The zero-order valence-electron chi connectivity index (χ0n) is 7.05. The second-order valence-corrected chi connectivity index (χ2v) is 3.06. The molecule has 0 aromatic heterocycles. The second-order valence-electron chi connectivity index (χ2n) is 3.06. The van der Waals surface area contributed by atoms with Crippen LogP contribution in [0.3, 0.4) is 0 Å². The van der Waals surface area contributed by atoms with E-state index < -0.39 is 0 Å². The van der Waals surface area contributed by atoms with Crippen molar-refractivity contribution in [3.8, 4) is 0 Å². The fraction of sp³-hybridized carbons (Fsp3) is 1.00. The molecule has 0 aromatic carbocycles. The molecule has 0 amide bonds. The van der Waals surface area contributed by atoms with Crippen molar-refractivity contribution < 1.29 is 9.84 Å². The van der Waals surface area contributed by atoms with E-state index in [0.717, 1.165) is 26.1 Å². The Kier molecular flexibility index (Phi) is 3.83. The molecule has 2 N–H and O–H groups in total. The molecular formula is C8H17NO2. The fourth-order valence-electron chi connectivity index (χ4n) is 1.27. The summed E-state index contributed by atoms with van der Waals surface area (Å²) in [4.78, 5) is 0. The van der Waals surface area contributed by atoms with Gasteiger partial charge in [-0.1, -0.05) is 6.92 Å². The number of hydrogen-bond donors (Lipinski definition) is 2. The predicted octanol–water partition coefficient (Wildman–Crippen LogP) is -0.00670. The van der Waals surface area contributed by atoms with Crippen LogP contribution in [0, 0.1) is 5.92 Å². The highest BCUT2D eigenvalue weighted by molar-refractivity contribution is 4.79. The van der Waals surface area contributed by atoms with Gasteiger partial charge < -0.3 is 15.2 Å². The van der Waals surface area contributed by atoms with Gasteiger partial charge in [0.05, 0.1) is 12.7 Å². The topological polar surface area (TPSA) is 41.5 Å². The van der Waals surface area contributed by atoms with Crippen molar-refractivity contribution in [2.24, 2.45) is 5.92 Å². The summed E-state index contributed by atoms with van der Waals surface area (Å²) in [5.41, 5.74) is 0. The van der Waals surface area contributed by atoms with Crippen LogP contribution in [0.25, 0.3) is 0 Å². The van der Waals surface area contributed by atoms with Gasteiger partial charge in [0.1, 0.15) is 0 Å². The van der Waals surface area contributed by atoms with Gasteiger partial charge in [0.15, 0.2) is 0 Å². The van der Waals surface area contributed by atoms with E-state index >= 15 is 0 Å². The largest absolute Gasteiger partial charge is 0.391 e. The molecule has 11 heavy (non-hydrogen) atoms. The highest BCUT2D eigenvalue weighted by Crippen LogP contribution is 2.08. The molecule has 1 rings (SSSR count). The van der Waals surface area contributed by atoms with Crippen LogP contribution >= 0.6 is 0 Å². The van der Waals surface area contributed by atoms with Gasteiger partial charge in [0.25, 0.3) is 0 Å². The van der Waals surface area contributed by atoms with Gasteiger partial charge in [0.2, 0.25) is 0 Å². The van der Waals surface area contributed by atoms with E-state index in [9.17, 15) is 5.11 Å². The third kappa shape index (κ3) is 2.77. The molecule has 0 unspecified atom stereocenters. The van der Waals surface area contributed by atoms with Gasteiger partial charge in [-0.05, 0) is 6.42 Å². The lowest BCUT2D eigenvalue weighted by molar-refractivity contribution is 0.0532. The van der Waals surface area contributed by atoms with Crippen molar-refractivity contribution in [2.75, 3.05) is 26.3 Å². The monoisotopic (exact) mass is 159 g/mol. The maximum absolute atomic E-state index is 9.35. The highest BCUT2D eigenvalue weighted by atomic mass is 16.5. The quantitative estimate of drug-likeness (QED) is 0.567. The van der Waals surface area contributed by atoms with Crippen LogP contribution in [0.5, 0.6) is 0 Å². The van der Waals surface area contributed by atoms with Crippen LogP contribution < -0.4 is 5.32 Å². The van der Waals surface area contributed by atoms with Crippen LogP contribution in [0.2, 0.25) is 0 Å². The number of rotatable bonds is 4. The standard InChI is InChI=1S/C8H17NO2/c1-2-3-11-6-7-4-9-5-8(7)10/h7-10H,2-6H2,1H3/t7-,8+/m0/s1. The SMILES string of the molecule is CCCOC[C@@H]1CNC[C@H]1O. The minimum atomic E-state index is -0.202. The molecule has 66 valence electrons. The van der Waals surface area contributed by atoms with Crippen molar-refractivity contribution in [1.29, 1.82) is 0 Å². The molecule has 0 spiro atoms. The van der Waals surface area contributed by atoms with E-state index in [0.29, 0.717) is 12.5 Å². The van der Waals surface area contributed by atoms with Crippen molar-refractivity contribution in [3.63, 3.8) is 0 Å². The molecule has 1 aliphatic rings. The van der Waals surface area contributed by atoms with Crippen LogP contribution in [0.1, 0.15) is 13.3 Å². The fourth-order valence-corrected chi connectivity index (χ4v) is 1.27. The molecule has 1 saturated heterocycles. The Labute approximate surface area is 67.7 Å². The molecule has 0 aliphatic carbocycles. The number of nitrogens with one attached hydrogen (secondary N) is 1. The molecule has 2 atom stereocenters. The van der Waals surface area contributed by atoms with E-state index in [1.54, 1.807) is 0 Å². The first kappa shape index (κ1) is 8.97. The van der Waals surface area contributed by atoms with Crippen molar-refractivity contribution >= 4 is 0 Å². The maximum Gasteiger partial charge on any atom is 0.0726 e. The van der Waals surface area contributed by atoms with Gasteiger partial charge >= 0.3 is 0 Å². The van der Waals surface area contributed by atoms with Gasteiger partial charge in [-0.15, -0.1) is 0 Å². The lowest BCUT2D eigenvalue weighted by Crippen LogP contribution is -2.22. The van der Waals surface area contributed by atoms with Crippen molar-refractivity contribution in [2.45, 2.75) is 19.4 Å². The molecular weight excluding hydrogens is 142 g/mol. The zero-order valence-corrected chi connectivity index (χ0v) is 7.05. The number of ether oxygens (including phenoxy) is 1. The summed E-state index contributed by atoms with van der Waals surface area (Å²) in [5.74, 6) is 0.307. The highest BCUT2D eigenvalue weighted by Gasteiger charge is 2.24. The van der Waals surface area contributed by atoms with Gasteiger partial charge in [-0.3, -0.25) is 0 Å². The number of β-amino-alcohol motifs (C(OH)–C–C–N with tert-alkyl or cyclic N) is 1. The first-order valence-electron chi connectivity index (χ1n) is 4.31. The van der Waals surface area contributed by atoms with Crippen molar-refractivity contribution in [1.82, 2.24) is 5.32 Å². The molecule has 3 heteroatoms. The third-order valence-corrected chi connectivity index (χ3v) is 1.98. The van der Waals surface area contributed by atoms with E-state index in [1.165, 1.54) is 0 Å². The van der Waals surface area contributed by atoms with Gasteiger partial charge in [0, 0.05) is 25.6 Å². The third-order valence-electron chi connectivity index (χ3n) is 1.98. The minimum absolute atomic E-state index is 0.202. The Bertz CT molecular complexity index is 108. The summed E-state index contributed by atoms with van der Waals surface area (Å²) in [7, 11) is 0. The predicted molar refractivity (Wildman–Crippen MR) is 43.5 cm³/mol. The average Bonchev–Trinajstić information content (AvgIpc) is 2.37. The minimum Gasteiger partial charge on any atom is -0.391 e. The van der Waals surface area contributed by atoms with Crippen LogP contribution in [0.4, 0.5) is 0 Å². The Hall–Kier alpha value is -0.120. The first-order chi connectivity index (χ1) is 5.34. The van der Waals surface area contributed by atoms with E-state index in [-0.39, 0.29) is 6.10 Å². The number of aliphatic hydroxyl groups is 1. The Morgan fingerprint density at radius 1 is 1.55 bits per heavy atom. The summed E-state index contributed by atoms with van der Waals surface area (Å²) < 4.78 is 5.34. The van der Waals surface area contributed by atoms with Crippen LogP contribution in [0.15, 0.2) is 0 Å². The second kappa shape index (κ2) is 4.70. The van der Waals surface area contributed by atoms with Crippen molar-refractivity contribution in [3.05, 3.63) is 0 Å². The molecule has 3 nitrogen and oxygen atoms in total. The normalized spacial score (nSPS) is 31.1. The molecule has 0 saturated carbocycles. The molecule has 0 radical (unpaired) electrons. The van der Waals surface area contributed by atoms with E-state index in [2.05, 4.69) is 12.2 Å². The summed E-state index contributed by atoms with van der Waals surface area (Å²) in [6, 6.07) is 0. The molecule has 1 heterocycles. The summed E-state index contributed by atoms with van der Waals surface area (Å²) >= 11 is 0. The van der Waals surface area contributed by atoms with Gasteiger partial charge in [-0.25, -0.2) is 0 Å². The lowest BCUT2D eigenvalue weighted by Gasteiger charge is -2.12. The van der Waals surface area contributed by atoms with Gasteiger partial charge in [-0.2, -0.15) is 0 Å². The molecule has 1 fully saturated rings. The summed E-state index contributed by atoms with van der Waals surface area (Å²) in [6.45, 7) is 5.21. The Balaban J connectivity index is 2.05. The average molecular weight is 159 g/mol. The smallest absolute Gasteiger partial charge is 0.0726 e. The first-order valence-corrected chi connectivity index (χ1v) is 4.31. The van der Waals surface area contributed by atoms with Crippen LogP contribution in [-0.4, -0.2) is 37.5 Å². The molecule has 0 aromatic rings. The number of aliphatic hydroxyl groups excluding tert-OH is 1. The summed E-state index contributed by atoms with van der Waals surface area (Å²) in [5, 5.41) is 12.5. The zero-order chi connectivity index (χ0) is 8.10. The summed E-state index contributed by atoms with van der Waals surface area (Å²) in [6.07, 6.45) is 0.850. The molecule has 1 aliphatic heterocycles. The number of hydrogen-bond acceptors (Lipinski definition) is 3. The van der Waals surface area contributed by atoms with Crippen LogP contribution in [-0.2, 0) is 4.74 Å². The Morgan fingerprint density at radius 3 is 2.91 bits per heavy atom. The molecule has 0 bridgehead atoms. The van der Waals surface area contributed by atoms with E-state index in [1.807, 2.05) is 0 Å². The lowest BCUT2D eigenvalue weighted by atomic mass is 10.1. The Morgan fingerprint density at radius 2 is 2.36 bits per heavy atom. The van der Waals surface area contributed by atoms with E-state index in [4.69, 9.17) is 4.74 Å².